The van der Waals surface area contributed by atoms with Crippen molar-refractivity contribution < 1.29 is 4.79 Å². The normalized spacial score (nSPS) is 22.9. The van der Waals surface area contributed by atoms with Gasteiger partial charge in [0.1, 0.15) is 6.29 Å². The summed E-state index contributed by atoms with van der Waals surface area (Å²) in [6.07, 6.45) is 6.81. The van der Waals surface area contributed by atoms with Crippen LogP contribution >= 0.6 is 0 Å². The Balaban J connectivity index is 2.08. The summed E-state index contributed by atoms with van der Waals surface area (Å²) in [6, 6.07) is 2.21. The maximum Gasteiger partial charge on any atom is 0.129 e. The average molecular weight is 244 g/mol. The van der Waals surface area contributed by atoms with Crippen LogP contribution in [0.5, 0.6) is 0 Å². The van der Waals surface area contributed by atoms with Gasteiger partial charge in [-0.2, -0.15) is 0 Å². The number of hydrogen-bond donors (Lipinski definition) is 0. The van der Waals surface area contributed by atoms with Gasteiger partial charge in [-0.3, -0.25) is 4.98 Å². The van der Waals surface area contributed by atoms with Crippen LogP contribution < -0.4 is 4.90 Å². The van der Waals surface area contributed by atoms with E-state index in [-0.39, 0.29) is 5.92 Å². The van der Waals surface area contributed by atoms with Crippen LogP contribution in [0.1, 0.15) is 48.6 Å². The number of anilines is 1. The Labute approximate surface area is 108 Å². The summed E-state index contributed by atoms with van der Waals surface area (Å²) in [5.41, 5.74) is 4.79. The zero-order valence-corrected chi connectivity index (χ0v) is 11.0. The van der Waals surface area contributed by atoms with Gasteiger partial charge in [0.05, 0.1) is 11.6 Å². The minimum Gasteiger partial charge on any atom is -0.371 e. The lowest BCUT2D eigenvalue weighted by atomic mass is 9.86. The van der Waals surface area contributed by atoms with Gasteiger partial charge in [0, 0.05) is 24.5 Å². The highest BCUT2D eigenvalue weighted by Crippen LogP contribution is 2.36. The quantitative estimate of drug-likeness (QED) is 0.750. The lowest BCUT2D eigenvalue weighted by Crippen LogP contribution is -2.23. The van der Waals surface area contributed by atoms with Crippen molar-refractivity contribution in [3.8, 4) is 0 Å². The summed E-state index contributed by atoms with van der Waals surface area (Å²) in [7, 11) is 0. The topological polar surface area (TPSA) is 33.2 Å². The van der Waals surface area contributed by atoms with Gasteiger partial charge >= 0.3 is 0 Å². The zero-order valence-electron chi connectivity index (χ0n) is 11.0. The molecule has 1 fully saturated rings. The van der Waals surface area contributed by atoms with Crippen LogP contribution in [0.15, 0.2) is 6.07 Å². The SMILES string of the molecule is Cc1cc(N2CCCC2)c2c(n1)C(C=O)CCC2. The van der Waals surface area contributed by atoms with E-state index < -0.39 is 0 Å². The molecule has 1 unspecified atom stereocenters. The van der Waals surface area contributed by atoms with Crippen molar-refractivity contribution in [1.82, 2.24) is 4.98 Å². The molecule has 0 amide bonds. The van der Waals surface area contributed by atoms with Crippen molar-refractivity contribution in [2.45, 2.75) is 44.9 Å². The van der Waals surface area contributed by atoms with E-state index in [4.69, 9.17) is 0 Å². The first-order chi connectivity index (χ1) is 8.79. The highest BCUT2D eigenvalue weighted by Gasteiger charge is 2.26. The molecule has 1 atom stereocenters. The highest BCUT2D eigenvalue weighted by atomic mass is 16.1. The van der Waals surface area contributed by atoms with E-state index in [9.17, 15) is 4.79 Å². The minimum atomic E-state index is 0.0232. The molecule has 0 aromatic carbocycles. The molecule has 3 rings (SSSR count). The molecule has 96 valence electrons. The summed E-state index contributed by atoms with van der Waals surface area (Å²) in [5, 5.41) is 0. The predicted octanol–water partition coefficient (Wildman–Crippen LogP) is 2.61. The van der Waals surface area contributed by atoms with Crippen LogP contribution in [0.3, 0.4) is 0 Å². The molecule has 0 saturated carbocycles. The fourth-order valence-corrected chi connectivity index (χ4v) is 3.28. The zero-order chi connectivity index (χ0) is 12.5. The fraction of sp³-hybridized carbons (Fsp3) is 0.600. The van der Waals surface area contributed by atoms with Crippen LogP contribution in [-0.4, -0.2) is 24.4 Å². The first kappa shape index (κ1) is 11.7. The summed E-state index contributed by atoms with van der Waals surface area (Å²) in [6.45, 7) is 4.35. The van der Waals surface area contributed by atoms with E-state index in [1.165, 1.54) is 24.1 Å². The minimum absolute atomic E-state index is 0.0232. The average Bonchev–Trinajstić information content (AvgIpc) is 2.90. The van der Waals surface area contributed by atoms with Gasteiger partial charge < -0.3 is 9.69 Å². The van der Waals surface area contributed by atoms with Crippen molar-refractivity contribution >= 4 is 12.0 Å². The second-order valence-electron chi connectivity index (χ2n) is 5.48. The van der Waals surface area contributed by atoms with Crippen molar-refractivity contribution in [3.63, 3.8) is 0 Å². The van der Waals surface area contributed by atoms with Gasteiger partial charge in [0.15, 0.2) is 0 Å². The standard InChI is InChI=1S/C15H20N2O/c1-11-9-14(17-7-2-3-8-17)13-6-4-5-12(10-18)15(13)16-11/h9-10,12H,2-8H2,1H3. The van der Waals surface area contributed by atoms with Crippen LogP contribution in [0.2, 0.25) is 0 Å². The van der Waals surface area contributed by atoms with Gasteiger partial charge in [-0.05, 0) is 50.7 Å². The smallest absolute Gasteiger partial charge is 0.129 e. The molecule has 0 spiro atoms. The number of aromatic nitrogens is 1. The van der Waals surface area contributed by atoms with Crippen LogP contribution in [0.4, 0.5) is 5.69 Å². The Kier molecular flexibility index (Phi) is 3.06. The summed E-state index contributed by atoms with van der Waals surface area (Å²) in [5.74, 6) is 0.0232. The summed E-state index contributed by atoms with van der Waals surface area (Å²) < 4.78 is 0. The number of pyridine rings is 1. The molecule has 2 heterocycles. The molecule has 1 aliphatic carbocycles. The molecule has 3 nitrogen and oxygen atoms in total. The number of nitrogens with zero attached hydrogens (tertiary/aromatic N) is 2. The first-order valence-corrected chi connectivity index (χ1v) is 7.00. The van der Waals surface area contributed by atoms with Crippen LogP contribution in [0, 0.1) is 6.92 Å². The van der Waals surface area contributed by atoms with Crippen molar-refractivity contribution in [2.24, 2.45) is 0 Å². The molecule has 1 aliphatic heterocycles. The lowest BCUT2D eigenvalue weighted by molar-refractivity contribution is -0.109. The van der Waals surface area contributed by atoms with Crippen LogP contribution in [-0.2, 0) is 11.2 Å². The van der Waals surface area contributed by atoms with E-state index in [1.54, 1.807) is 0 Å². The number of aryl methyl sites for hydroxylation is 1. The molecule has 3 heteroatoms. The van der Waals surface area contributed by atoms with Gasteiger partial charge in [0.2, 0.25) is 0 Å². The Morgan fingerprint density at radius 3 is 2.83 bits per heavy atom. The Morgan fingerprint density at radius 2 is 2.11 bits per heavy atom. The van der Waals surface area contributed by atoms with Gasteiger partial charge in [-0.15, -0.1) is 0 Å². The molecule has 0 bridgehead atoms. The van der Waals surface area contributed by atoms with Crippen molar-refractivity contribution in [3.05, 3.63) is 23.0 Å². The largest absolute Gasteiger partial charge is 0.371 e. The third kappa shape index (κ3) is 1.92. The Morgan fingerprint density at radius 1 is 1.33 bits per heavy atom. The van der Waals surface area contributed by atoms with E-state index in [1.807, 2.05) is 6.92 Å². The monoisotopic (exact) mass is 244 g/mol. The third-order valence-electron chi connectivity index (χ3n) is 4.16. The molecule has 2 aliphatic rings. The maximum atomic E-state index is 11.2. The lowest BCUT2D eigenvalue weighted by Gasteiger charge is -2.28. The number of carbonyl (C=O) groups excluding carboxylic acids is 1. The highest BCUT2D eigenvalue weighted by molar-refractivity contribution is 5.67. The van der Waals surface area contributed by atoms with Crippen LogP contribution in [0.25, 0.3) is 0 Å². The summed E-state index contributed by atoms with van der Waals surface area (Å²) >= 11 is 0. The first-order valence-electron chi connectivity index (χ1n) is 7.00. The van der Waals surface area contributed by atoms with E-state index in [0.29, 0.717) is 0 Å². The van der Waals surface area contributed by atoms with Gasteiger partial charge in [-0.1, -0.05) is 0 Å². The third-order valence-corrected chi connectivity index (χ3v) is 4.16. The molecule has 0 radical (unpaired) electrons. The molecular formula is C15H20N2O. The van der Waals surface area contributed by atoms with Crippen molar-refractivity contribution in [2.75, 3.05) is 18.0 Å². The maximum absolute atomic E-state index is 11.2. The van der Waals surface area contributed by atoms with Gasteiger partial charge in [-0.25, -0.2) is 0 Å². The summed E-state index contributed by atoms with van der Waals surface area (Å²) in [4.78, 5) is 18.3. The molecule has 1 aromatic heterocycles. The van der Waals surface area contributed by atoms with E-state index >= 15 is 0 Å². The number of aldehydes is 1. The van der Waals surface area contributed by atoms with Crippen molar-refractivity contribution in [1.29, 1.82) is 0 Å². The molecular weight excluding hydrogens is 224 g/mol. The number of carbonyl (C=O) groups is 1. The number of hydrogen-bond acceptors (Lipinski definition) is 3. The van der Waals surface area contributed by atoms with E-state index in [0.717, 1.165) is 50.0 Å². The number of rotatable bonds is 2. The molecule has 1 saturated heterocycles. The predicted molar refractivity (Wildman–Crippen MR) is 72.2 cm³/mol. The second kappa shape index (κ2) is 4.71. The number of fused-ring (bicyclic) bond motifs is 1. The fourth-order valence-electron chi connectivity index (χ4n) is 3.28. The van der Waals surface area contributed by atoms with E-state index in [2.05, 4.69) is 16.0 Å². The molecule has 0 N–H and O–H groups in total. The second-order valence-corrected chi connectivity index (χ2v) is 5.48. The Hall–Kier alpha value is -1.38. The molecule has 18 heavy (non-hydrogen) atoms. The Bertz CT molecular complexity index is 464. The van der Waals surface area contributed by atoms with Gasteiger partial charge in [0.25, 0.3) is 0 Å². The molecule has 1 aromatic rings.